The monoisotopic (exact) mass is 262 g/mol. The maximum Gasteiger partial charge on any atom is 0.260 e. The molecule has 0 aliphatic carbocycles. The number of hydrogen-bond donors (Lipinski definition) is 1. The lowest BCUT2D eigenvalue weighted by Crippen LogP contribution is -2.46. The summed E-state index contributed by atoms with van der Waals surface area (Å²) >= 11 is 0. The largest absolute Gasteiger partial charge is 0.484 e. The van der Waals surface area contributed by atoms with Gasteiger partial charge in [0.05, 0.1) is 0 Å². The number of nitrogens with zero attached hydrogens (tertiary/aromatic N) is 1. The first kappa shape index (κ1) is 13.7. The van der Waals surface area contributed by atoms with Crippen molar-refractivity contribution in [2.24, 2.45) is 5.92 Å². The molecule has 2 N–H and O–H groups in total. The van der Waals surface area contributed by atoms with Crippen molar-refractivity contribution in [3.05, 3.63) is 24.3 Å². The maximum absolute atomic E-state index is 12.2. The predicted octanol–water partition coefficient (Wildman–Crippen LogP) is 2.29. The Bertz CT molecular complexity index is 430. The Morgan fingerprint density at radius 3 is 2.68 bits per heavy atom. The normalized spacial score (nSPS) is 23.2. The summed E-state index contributed by atoms with van der Waals surface area (Å²) in [6, 6.07) is 7.42. The van der Waals surface area contributed by atoms with Crippen molar-refractivity contribution in [2.75, 3.05) is 18.9 Å². The van der Waals surface area contributed by atoms with Crippen LogP contribution in [0.1, 0.15) is 26.7 Å². The molecular weight excluding hydrogens is 240 g/mol. The van der Waals surface area contributed by atoms with Gasteiger partial charge < -0.3 is 15.4 Å². The molecule has 1 fully saturated rings. The molecule has 2 rings (SSSR count). The van der Waals surface area contributed by atoms with E-state index in [2.05, 4.69) is 13.8 Å². The third-order valence-corrected chi connectivity index (χ3v) is 3.68. The van der Waals surface area contributed by atoms with Crippen molar-refractivity contribution in [2.45, 2.75) is 32.7 Å². The van der Waals surface area contributed by atoms with Crippen molar-refractivity contribution >= 4 is 11.6 Å². The number of ether oxygens (including phenoxy) is 1. The third-order valence-electron chi connectivity index (χ3n) is 3.68. The van der Waals surface area contributed by atoms with Gasteiger partial charge in [0.25, 0.3) is 5.91 Å². The van der Waals surface area contributed by atoms with E-state index in [1.54, 1.807) is 24.3 Å². The number of carbonyl (C=O) groups excluding carboxylic acids is 1. The first-order valence-corrected chi connectivity index (χ1v) is 6.84. The average Bonchev–Trinajstić information content (AvgIpc) is 2.40. The molecule has 1 amide bonds. The number of hydrogen-bond acceptors (Lipinski definition) is 3. The molecule has 2 atom stereocenters. The zero-order valence-electron chi connectivity index (χ0n) is 11.6. The van der Waals surface area contributed by atoms with Crippen molar-refractivity contribution < 1.29 is 9.53 Å². The Kier molecular flexibility index (Phi) is 4.30. The number of nitrogen functional groups attached to an aromatic ring is 1. The van der Waals surface area contributed by atoms with Crippen LogP contribution < -0.4 is 10.5 Å². The molecule has 1 saturated heterocycles. The van der Waals surface area contributed by atoms with Crippen LogP contribution in [0.5, 0.6) is 5.75 Å². The van der Waals surface area contributed by atoms with Gasteiger partial charge in [-0.2, -0.15) is 0 Å². The van der Waals surface area contributed by atoms with Gasteiger partial charge in [0.1, 0.15) is 5.75 Å². The van der Waals surface area contributed by atoms with Gasteiger partial charge in [-0.3, -0.25) is 4.79 Å². The molecule has 0 bridgehead atoms. The van der Waals surface area contributed by atoms with Crippen LogP contribution in [-0.2, 0) is 4.79 Å². The maximum atomic E-state index is 12.2. The van der Waals surface area contributed by atoms with E-state index in [0.717, 1.165) is 13.0 Å². The molecular formula is C15H22N2O2. The Labute approximate surface area is 114 Å². The van der Waals surface area contributed by atoms with Crippen LogP contribution in [-0.4, -0.2) is 30.0 Å². The zero-order chi connectivity index (χ0) is 13.8. The first-order valence-electron chi connectivity index (χ1n) is 6.84. The molecule has 4 nitrogen and oxygen atoms in total. The van der Waals surface area contributed by atoms with E-state index in [4.69, 9.17) is 10.5 Å². The van der Waals surface area contributed by atoms with Gasteiger partial charge >= 0.3 is 0 Å². The zero-order valence-corrected chi connectivity index (χ0v) is 11.6. The molecule has 1 heterocycles. The van der Waals surface area contributed by atoms with E-state index in [0.29, 0.717) is 23.4 Å². The fourth-order valence-electron chi connectivity index (χ4n) is 2.43. The van der Waals surface area contributed by atoms with Crippen LogP contribution in [0.2, 0.25) is 0 Å². The molecule has 1 aromatic carbocycles. The minimum atomic E-state index is 0.0656. The van der Waals surface area contributed by atoms with Gasteiger partial charge in [-0.15, -0.1) is 0 Å². The summed E-state index contributed by atoms with van der Waals surface area (Å²) in [5.41, 5.74) is 6.29. The second-order valence-electron chi connectivity index (χ2n) is 5.44. The lowest BCUT2D eigenvalue weighted by molar-refractivity contribution is -0.137. The van der Waals surface area contributed by atoms with Crippen molar-refractivity contribution in [3.8, 4) is 5.75 Å². The van der Waals surface area contributed by atoms with E-state index in [1.165, 1.54) is 6.42 Å². The Morgan fingerprint density at radius 1 is 1.32 bits per heavy atom. The number of anilines is 1. The summed E-state index contributed by atoms with van der Waals surface area (Å²) in [6.45, 7) is 5.23. The van der Waals surface area contributed by atoms with Crippen molar-refractivity contribution in [1.29, 1.82) is 0 Å². The number of carbonyl (C=O) groups is 1. The molecule has 104 valence electrons. The number of likely N-dealkylation sites (tertiary alicyclic amines) is 1. The average molecular weight is 262 g/mol. The van der Waals surface area contributed by atoms with Gasteiger partial charge in [-0.05, 0) is 49.9 Å². The molecule has 1 aromatic rings. The minimum Gasteiger partial charge on any atom is -0.484 e. The standard InChI is InChI=1S/C15H22N2O2/c1-11-3-4-12(2)17(9-11)15(18)10-19-14-7-5-13(16)6-8-14/h5-8,11-12H,3-4,9-10,16H2,1-2H3. The highest BCUT2D eigenvalue weighted by atomic mass is 16.5. The first-order chi connectivity index (χ1) is 9.06. The lowest BCUT2D eigenvalue weighted by atomic mass is 9.95. The Hall–Kier alpha value is -1.71. The van der Waals surface area contributed by atoms with Crippen LogP contribution in [0.3, 0.4) is 0 Å². The predicted molar refractivity (Wildman–Crippen MR) is 75.9 cm³/mol. The molecule has 2 unspecified atom stereocenters. The number of nitrogens with two attached hydrogens (primary N) is 1. The molecule has 1 aliphatic heterocycles. The lowest BCUT2D eigenvalue weighted by Gasteiger charge is -2.36. The molecule has 0 aromatic heterocycles. The van der Waals surface area contributed by atoms with Crippen molar-refractivity contribution in [3.63, 3.8) is 0 Å². The van der Waals surface area contributed by atoms with Crippen LogP contribution in [0.15, 0.2) is 24.3 Å². The van der Waals surface area contributed by atoms with Gasteiger partial charge in [0.15, 0.2) is 6.61 Å². The number of rotatable bonds is 3. The highest BCUT2D eigenvalue weighted by molar-refractivity contribution is 5.78. The van der Waals surface area contributed by atoms with Gasteiger partial charge in [0.2, 0.25) is 0 Å². The van der Waals surface area contributed by atoms with Crippen LogP contribution in [0.4, 0.5) is 5.69 Å². The third kappa shape index (κ3) is 3.63. The smallest absolute Gasteiger partial charge is 0.260 e. The molecule has 0 saturated carbocycles. The molecule has 0 radical (unpaired) electrons. The Morgan fingerprint density at radius 2 is 2.00 bits per heavy atom. The Balaban J connectivity index is 1.88. The van der Waals surface area contributed by atoms with E-state index in [1.807, 2.05) is 4.90 Å². The summed E-state index contributed by atoms with van der Waals surface area (Å²) in [5.74, 6) is 1.33. The van der Waals surface area contributed by atoms with E-state index < -0.39 is 0 Å². The molecule has 19 heavy (non-hydrogen) atoms. The minimum absolute atomic E-state index is 0.0656. The quantitative estimate of drug-likeness (QED) is 0.850. The summed E-state index contributed by atoms with van der Waals surface area (Å²) < 4.78 is 5.51. The second kappa shape index (κ2) is 5.95. The fourth-order valence-corrected chi connectivity index (χ4v) is 2.43. The highest BCUT2D eigenvalue weighted by Crippen LogP contribution is 2.21. The topological polar surface area (TPSA) is 55.6 Å². The summed E-state index contributed by atoms with van der Waals surface area (Å²) in [4.78, 5) is 14.1. The summed E-state index contributed by atoms with van der Waals surface area (Å²) in [5, 5.41) is 0. The fraction of sp³-hybridized carbons (Fsp3) is 0.533. The van der Waals surface area contributed by atoms with Crippen LogP contribution in [0, 0.1) is 5.92 Å². The number of amides is 1. The SMILES string of the molecule is CC1CCC(C)N(C(=O)COc2ccc(N)cc2)C1. The highest BCUT2D eigenvalue weighted by Gasteiger charge is 2.26. The number of piperidine rings is 1. The molecule has 4 heteroatoms. The van der Waals surface area contributed by atoms with Crippen molar-refractivity contribution in [1.82, 2.24) is 4.90 Å². The van der Waals surface area contributed by atoms with E-state index in [9.17, 15) is 4.79 Å². The molecule has 0 spiro atoms. The second-order valence-corrected chi connectivity index (χ2v) is 5.44. The summed E-state index contributed by atoms with van der Waals surface area (Å²) in [6.07, 6.45) is 2.28. The van der Waals surface area contributed by atoms with E-state index >= 15 is 0 Å². The van der Waals surface area contributed by atoms with E-state index in [-0.39, 0.29) is 12.5 Å². The van der Waals surface area contributed by atoms with Crippen LogP contribution in [0.25, 0.3) is 0 Å². The molecule has 1 aliphatic rings. The number of benzene rings is 1. The summed E-state index contributed by atoms with van der Waals surface area (Å²) in [7, 11) is 0. The van der Waals surface area contributed by atoms with Gasteiger partial charge in [-0.25, -0.2) is 0 Å². The van der Waals surface area contributed by atoms with Gasteiger partial charge in [0, 0.05) is 18.3 Å². The van der Waals surface area contributed by atoms with Crippen LogP contribution >= 0.6 is 0 Å². The van der Waals surface area contributed by atoms with Gasteiger partial charge in [-0.1, -0.05) is 6.92 Å².